The lowest BCUT2D eigenvalue weighted by molar-refractivity contribution is -0.143. The van der Waals surface area contributed by atoms with Crippen molar-refractivity contribution in [2.24, 2.45) is 11.5 Å². The SMILES string of the molecule is COCCN(CC(=O)N[C@@H](CCCCNC(=O)CCCCC1SC[C@@H]2NC(=O)N[C@H]12)C(N)=O)C(=O)CN(CCOC)C(=O)CN(C)CCCCN. The maximum atomic E-state index is 13.4. The minimum atomic E-state index is -0.949. The summed E-state index contributed by atoms with van der Waals surface area (Å²) in [7, 11) is 4.82. The first-order chi connectivity index (χ1) is 24.5. The molecule has 0 radical (unpaired) electrons. The summed E-state index contributed by atoms with van der Waals surface area (Å²) in [5.74, 6) is -1.09. The van der Waals surface area contributed by atoms with Crippen molar-refractivity contribution in [1.29, 1.82) is 0 Å². The third-order valence-electron chi connectivity index (χ3n) is 8.90. The van der Waals surface area contributed by atoms with E-state index in [-0.39, 0.29) is 82.3 Å². The summed E-state index contributed by atoms with van der Waals surface area (Å²) < 4.78 is 10.3. The van der Waals surface area contributed by atoms with Crippen molar-refractivity contribution in [3.8, 4) is 0 Å². The van der Waals surface area contributed by atoms with E-state index in [9.17, 15) is 28.8 Å². The van der Waals surface area contributed by atoms with Crippen LogP contribution in [-0.4, -0.2) is 166 Å². The number of fused-ring (bicyclic) bond motifs is 1. The van der Waals surface area contributed by atoms with E-state index in [0.29, 0.717) is 44.1 Å². The first kappa shape index (κ1) is 44.0. The van der Waals surface area contributed by atoms with Crippen LogP contribution in [-0.2, 0) is 33.4 Å². The summed E-state index contributed by atoms with van der Waals surface area (Å²) in [6, 6.07) is -0.693. The molecule has 0 aromatic carbocycles. The molecule has 2 aliphatic heterocycles. The van der Waals surface area contributed by atoms with Crippen molar-refractivity contribution >= 4 is 47.3 Å². The second kappa shape index (κ2) is 24.9. The molecule has 2 fully saturated rings. The molecule has 0 aliphatic carbocycles. The summed E-state index contributed by atoms with van der Waals surface area (Å²) in [6.45, 7) is 1.92. The molecule has 0 aromatic rings. The standard InChI is InChI=1S/C33H61N9O8S/c1-40(15-9-7-13-34)21-29(45)42(17-19-50-3)22-30(46)41(16-18-49-2)20-28(44)37-24(32(35)47)10-6-8-14-36-27(43)12-5-4-11-26-31-25(23-51-26)38-33(48)39-31/h24-26,31H,4-23,34H2,1-3H3,(H2,35,47)(H,36,43)(H,37,44)(H2,38,39,48)/t24-,25-,26?,31-/m0/s1. The Balaban J connectivity index is 1.75. The molecule has 2 rings (SSSR count). The average Bonchev–Trinajstić information content (AvgIpc) is 3.64. The van der Waals surface area contributed by atoms with Gasteiger partial charge in [-0.25, -0.2) is 4.79 Å². The molecule has 2 heterocycles. The number of nitrogens with zero attached hydrogens (tertiary/aromatic N) is 3. The van der Waals surface area contributed by atoms with Crippen molar-refractivity contribution in [3.63, 3.8) is 0 Å². The van der Waals surface area contributed by atoms with E-state index in [1.807, 2.05) is 23.7 Å². The fraction of sp³-hybridized carbons (Fsp3) is 0.818. The minimum Gasteiger partial charge on any atom is -0.383 e. The topological polar surface area (TPSA) is 231 Å². The average molecular weight is 744 g/mol. The minimum absolute atomic E-state index is 0.0413. The Labute approximate surface area is 306 Å². The van der Waals surface area contributed by atoms with Crippen LogP contribution < -0.4 is 32.7 Å². The van der Waals surface area contributed by atoms with Gasteiger partial charge in [-0.1, -0.05) is 6.42 Å². The van der Waals surface area contributed by atoms with Crippen molar-refractivity contribution < 1.29 is 38.2 Å². The third kappa shape index (κ3) is 17.3. The lowest BCUT2D eigenvalue weighted by Gasteiger charge is -2.29. The number of rotatable bonds is 28. The van der Waals surface area contributed by atoms with E-state index in [2.05, 4.69) is 21.3 Å². The molecule has 1 unspecified atom stereocenters. The van der Waals surface area contributed by atoms with Crippen molar-refractivity contribution in [2.45, 2.75) is 81.2 Å². The summed E-state index contributed by atoms with van der Waals surface area (Å²) in [5.41, 5.74) is 11.1. The van der Waals surface area contributed by atoms with Crippen LogP contribution in [0.3, 0.4) is 0 Å². The number of carbonyl (C=O) groups excluding carboxylic acids is 6. The summed E-state index contributed by atoms with van der Waals surface area (Å²) in [5, 5.41) is 11.8. The van der Waals surface area contributed by atoms with Crippen LogP contribution >= 0.6 is 11.8 Å². The number of amides is 7. The Morgan fingerprint density at radius 3 is 2.24 bits per heavy atom. The molecule has 17 nitrogen and oxygen atoms in total. The smallest absolute Gasteiger partial charge is 0.315 e. The number of urea groups is 1. The van der Waals surface area contributed by atoms with Gasteiger partial charge in [0.2, 0.25) is 29.5 Å². The van der Waals surface area contributed by atoms with Gasteiger partial charge in [0.25, 0.3) is 0 Å². The van der Waals surface area contributed by atoms with Gasteiger partial charge in [0.1, 0.15) is 6.04 Å². The number of primary amides is 1. The number of methoxy groups -OCH3 is 2. The Bertz CT molecular complexity index is 1120. The molecule has 2 aliphatic rings. The first-order valence-corrected chi connectivity index (χ1v) is 19.0. The maximum absolute atomic E-state index is 13.4. The quantitative estimate of drug-likeness (QED) is 0.0403. The number of hydrogen-bond acceptors (Lipinski definition) is 11. The van der Waals surface area contributed by atoms with Crippen LogP contribution in [0.1, 0.15) is 57.8 Å². The molecule has 51 heavy (non-hydrogen) atoms. The highest BCUT2D eigenvalue weighted by Crippen LogP contribution is 2.33. The monoisotopic (exact) mass is 743 g/mol. The van der Waals surface area contributed by atoms with Gasteiger partial charge < -0.3 is 52.0 Å². The number of likely N-dealkylation sites (N-methyl/N-ethyl adjacent to an activating group) is 1. The van der Waals surface area contributed by atoms with Gasteiger partial charge in [-0.3, -0.25) is 28.9 Å². The van der Waals surface area contributed by atoms with Crippen LogP contribution in [0.4, 0.5) is 4.79 Å². The van der Waals surface area contributed by atoms with Crippen LogP contribution in [0.15, 0.2) is 0 Å². The molecule has 0 aromatic heterocycles. The number of nitrogens with two attached hydrogens (primary N) is 2. The fourth-order valence-electron chi connectivity index (χ4n) is 5.95. The molecule has 8 N–H and O–H groups in total. The predicted octanol–water partition coefficient (Wildman–Crippen LogP) is -1.41. The van der Waals surface area contributed by atoms with E-state index < -0.39 is 23.8 Å². The van der Waals surface area contributed by atoms with E-state index in [4.69, 9.17) is 20.9 Å². The Morgan fingerprint density at radius 2 is 1.57 bits per heavy atom. The van der Waals surface area contributed by atoms with Gasteiger partial charge in [0.05, 0.1) is 44.9 Å². The van der Waals surface area contributed by atoms with Crippen LogP contribution in [0.5, 0.6) is 0 Å². The molecule has 2 saturated heterocycles. The number of ether oxygens (including phenoxy) is 2. The van der Waals surface area contributed by atoms with Crippen LogP contribution in [0.2, 0.25) is 0 Å². The molecule has 0 spiro atoms. The van der Waals surface area contributed by atoms with Crippen molar-refractivity contribution in [2.75, 3.05) is 92.6 Å². The number of thioether (sulfide) groups is 1. The van der Waals surface area contributed by atoms with Gasteiger partial charge in [-0.2, -0.15) is 11.8 Å². The zero-order valence-electron chi connectivity index (χ0n) is 30.6. The Hall–Kier alpha value is -3.19. The normalized spacial score (nSPS) is 18.5. The molecule has 4 atom stereocenters. The number of carbonyl (C=O) groups is 6. The fourth-order valence-corrected chi connectivity index (χ4v) is 7.49. The second-order valence-corrected chi connectivity index (χ2v) is 14.4. The highest BCUT2D eigenvalue weighted by atomic mass is 32.2. The third-order valence-corrected chi connectivity index (χ3v) is 10.4. The largest absolute Gasteiger partial charge is 0.383 e. The maximum Gasteiger partial charge on any atom is 0.315 e. The predicted molar refractivity (Wildman–Crippen MR) is 195 cm³/mol. The van der Waals surface area contributed by atoms with Gasteiger partial charge in [-0.15, -0.1) is 0 Å². The van der Waals surface area contributed by atoms with E-state index in [1.54, 1.807) is 0 Å². The highest BCUT2D eigenvalue weighted by Gasteiger charge is 2.42. The molecule has 0 bridgehead atoms. The molecule has 7 amide bonds. The summed E-state index contributed by atoms with van der Waals surface area (Å²) in [6.07, 6.45) is 6.11. The zero-order valence-corrected chi connectivity index (χ0v) is 31.4. The molecular weight excluding hydrogens is 682 g/mol. The zero-order chi connectivity index (χ0) is 37.6. The lowest BCUT2D eigenvalue weighted by atomic mass is 10.0. The van der Waals surface area contributed by atoms with Crippen molar-refractivity contribution in [1.82, 2.24) is 36.0 Å². The Morgan fingerprint density at radius 1 is 0.882 bits per heavy atom. The lowest BCUT2D eigenvalue weighted by Crippen LogP contribution is -2.52. The summed E-state index contributed by atoms with van der Waals surface area (Å²) in [4.78, 5) is 80.0. The van der Waals surface area contributed by atoms with Gasteiger partial charge >= 0.3 is 6.03 Å². The second-order valence-electron chi connectivity index (χ2n) is 13.1. The molecular formula is C33H61N9O8S. The first-order valence-electron chi connectivity index (χ1n) is 17.9. The van der Waals surface area contributed by atoms with E-state index in [0.717, 1.165) is 37.9 Å². The van der Waals surface area contributed by atoms with Crippen LogP contribution in [0, 0.1) is 0 Å². The number of unbranched alkanes of at least 4 members (excludes halogenated alkanes) is 3. The van der Waals surface area contributed by atoms with Gasteiger partial charge in [0, 0.05) is 51.3 Å². The van der Waals surface area contributed by atoms with Crippen LogP contribution in [0.25, 0.3) is 0 Å². The number of hydrogen-bond donors (Lipinski definition) is 6. The van der Waals surface area contributed by atoms with Gasteiger partial charge in [-0.05, 0) is 65.1 Å². The van der Waals surface area contributed by atoms with Crippen molar-refractivity contribution in [3.05, 3.63) is 0 Å². The number of nitrogens with one attached hydrogen (secondary N) is 4. The Kier molecular flexibility index (Phi) is 21.5. The van der Waals surface area contributed by atoms with E-state index in [1.165, 1.54) is 24.0 Å². The van der Waals surface area contributed by atoms with Gasteiger partial charge in [0.15, 0.2) is 0 Å². The highest BCUT2D eigenvalue weighted by molar-refractivity contribution is 8.00. The van der Waals surface area contributed by atoms with E-state index >= 15 is 0 Å². The molecule has 18 heteroatoms. The summed E-state index contributed by atoms with van der Waals surface area (Å²) >= 11 is 1.86. The molecule has 292 valence electrons. The molecule has 0 saturated carbocycles.